The number of amides is 2. The first kappa shape index (κ1) is 31.3. The van der Waals surface area contributed by atoms with E-state index in [1.807, 2.05) is 6.26 Å². The second-order valence-corrected chi connectivity index (χ2v) is 12.2. The predicted molar refractivity (Wildman–Crippen MR) is 162 cm³/mol. The number of hydrogen-bond acceptors (Lipinski definition) is 6. The Bertz CT molecular complexity index is 1180. The minimum atomic E-state index is -0.950. The normalized spacial score (nSPS) is 22.2. The Morgan fingerprint density at radius 2 is 1.98 bits per heavy atom. The highest BCUT2D eigenvalue weighted by atomic mass is 32.2. The van der Waals surface area contributed by atoms with E-state index in [2.05, 4.69) is 47.1 Å². The highest BCUT2D eigenvalue weighted by molar-refractivity contribution is 7.98. The van der Waals surface area contributed by atoms with Crippen LogP contribution in [0, 0.1) is 5.82 Å². The number of ether oxygens (including phenoxy) is 1. The molecule has 1 aliphatic carbocycles. The van der Waals surface area contributed by atoms with Gasteiger partial charge in [0.15, 0.2) is 0 Å². The third-order valence-corrected chi connectivity index (χ3v) is 8.69. The Morgan fingerprint density at radius 1 is 1.15 bits per heavy atom. The van der Waals surface area contributed by atoms with Gasteiger partial charge in [0, 0.05) is 24.6 Å². The maximum atomic E-state index is 14.6. The van der Waals surface area contributed by atoms with E-state index in [-0.39, 0.29) is 30.3 Å². The first-order valence-electron chi connectivity index (χ1n) is 14.9. The molecule has 1 aliphatic heterocycles. The fourth-order valence-corrected chi connectivity index (χ4v) is 5.86. The Kier molecular flexibility index (Phi) is 11.5. The van der Waals surface area contributed by atoms with Gasteiger partial charge in [-0.2, -0.15) is 11.8 Å². The third-order valence-electron chi connectivity index (χ3n) is 8.05. The van der Waals surface area contributed by atoms with E-state index in [4.69, 9.17) is 4.74 Å². The minimum Gasteiger partial charge on any atom is -0.493 e. The van der Waals surface area contributed by atoms with Gasteiger partial charge in [-0.15, -0.1) is 0 Å². The Morgan fingerprint density at radius 3 is 2.73 bits per heavy atom. The number of nitrogens with one attached hydrogen (secondary N) is 3. The molecule has 2 bridgehead atoms. The summed E-state index contributed by atoms with van der Waals surface area (Å²) in [5.41, 5.74) is 2.91. The SMILES string of the molecule is CCc1cccc(C2(NCC(O)C3Cc4cc(F)cc(c4)OCCCCCC(=O)NC(CCSC)C(=O)N3)CC2)c1. The number of hydrogen-bond donors (Lipinski definition) is 4. The number of benzene rings is 2. The van der Waals surface area contributed by atoms with E-state index in [1.54, 1.807) is 17.8 Å². The number of halogens is 1. The number of aliphatic hydroxyl groups excluding tert-OH is 1. The van der Waals surface area contributed by atoms with Gasteiger partial charge in [-0.05, 0) is 92.2 Å². The fourth-order valence-electron chi connectivity index (χ4n) is 5.39. The molecule has 2 aliphatic rings. The monoisotopic (exact) mass is 585 g/mol. The lowest BCUT2D eigenvalue weighted by Gasteiger charge is -2.29. The topological polar surface area (TPSA) is 99.7 Å². The lowest BCUT2D eigenvalue weighted by atomic mass is 9.98. The third kappa shape index (κ3) is 9.18. The Labute approximate surface area is 247 Å². The quantitative estimate of drug-likeness (QED) is 0.351. The highest BCUT2D eigenvalue weighted by Crippen LogP contribution is 2.45. The molecule has 0 saturated heterocycles. The summed E-state index contributed by atoms with van der Waals surface area (Å²) >= 11 is 1.61. The molecule has 4 rings (SSSR count). The molecule has 41 heavy (non-hydrogen) atoms. The second-order valence-electron chi connectivity index (χ2n) is 11.3. The molecule has 0 spiro atoms. The molecule has 1 heterocycles. The zero-order valence-electron chi connectivity index (χ0n) is 24.2. The van der Waals surface area contributed by atoms with Gasteiger partial charge in [0.1, 0.15) is 17.6 Å². The molecule has 7 nitrogen and oxygen atoms in total. The van der Waals surface area contributed by atoms with Crippen LogP contribution in [0.2, 0.25) is 0 Å². The van der Waals surface area contributed by atoms with Crippen molar-refractivity contribution in [3.8, 4) is 5.75 Å². The van der Waals surface area contributed by atoms with Crippen LogP contribution >= 0.6 is 11.8 Å². The predicted octanol–water partition coefficient (Wildman–Crippen LogP) is 4.25. The van der Waals surface area contributed by atoms with Gasteiger partial charge < -0.3 is 25.8 Å². The largest absolute Gasteiger partial charge is 0.493 e. The van der Waals surface area contributed by atoms with Gasteiger partial charge >= 0.3 is 0 Å². The van der Waals surface area contributed by atoms with Crippen LogP contribution < -0.4 is 20.7 Å². The molecule has 3 atom stereocenters. The summed E-state index contributed by atoms with van der Waals surface area (Å²) in [5, 5.41) is 20.9. The molecular weight excluding hydrogens is 541 g/mol. The van der Waals surface area contributed by atoms with Gasteiger partial charge in [-0.3, -0.25) is 9.59 Å². The number of carbonyl (C=O) groups excluding carboxylic acids is 2. The van der Waals surface area contributed by atoms with Crippen LogP contribution in [0.25, 0.3) is 0 Å². The van der Waals surface area contributed by atoms with Gasteiger partial charge in [-0.1, -0.05) is 31.2 Å². The summed E-state index contributed by atoms with van der Waals surface area (Å²) in [6, 6.07) is 11.7. The smallest absolute Gasteiger partial charge is 0.242 e. The van der Waals surface area contributed by atoms with E-state index in [0.29, 0.717) is 42.9 Å². The van der Waals surface area contributed by atoms with Crippen molar-refractivity contribution in [1.82, 2.24) is 16.0 Å². The summed E-state index contributed by atoms with van der Waals surface area (Å²) < 4.78 is 20.4. The number of aryl methyl sites for hydroxylation is 1. The van der Waals surface area contributed by atoms with Crippen molar-refractivity contribution in [2.75, 3.05) is 25.2 Å². The van der Waals surface area contributed by atoms with Crippen LogP contribution in [0.4, 0.5) is 4.39 Å². The van der Waals surface area contributed by atoms with Crippen molar-refractivity contribution in [2.45, 2.75) is 88.4 Å². The van der Waals surface area contributed by atoms with Crippen LogP contribution in [0.15, 0.2) is 42.5 Å². The van der Waals surface area contributed by atoms with Crippen LogP contribution in [-0.4, -0.2) is 60.3 Å². The maximum Gasteiger partial charge on any atom is 0.242 e. The molecule has 0 radical (unpaired) electrons. The number of carbonyl (C=O) groups is 2. The van der Waals surface area contributed by atoms with Crippen LogP contribution in [0.1, 0.15) is 68.6 Å². The van der Waals surface area contributed by atoms with Crippen molar-refractivity contribution >= 4 is 23.6 Å². The molecular formula is C32H44FN3O4S. The van der Waals surface area contributed by atoms with Crippen molar-refractivity contribution < 1.29 is 23.8 Å². The second kappa shape index (κ2) is 15.0. The number of fused-ring (bicyclic) bond motifs is 2. The van der Waals surface area contributed by atoms with Gasteiger partial charge in [0.2, 0.25) is 11.8 Å². The average molecular weight is 586 g/mol. The summed E-state index contributed by atoms with van der Waals surface area (Å²) in [7, 11) is 0. The van der Waals surface area contributed by atoms with Crippen LogP contribution in [-0.2, 0) is 28.0 Å². The molecule has 1 saturated carbocycles. The molecule has 224 valence electrons. The van der Waals surface area contributed by atoms with E-state index < -0.39 is 24.0 Å². The first-order chi connectivity index (χ1) is 19.8. The van der Waals surface area contributed by atoms with Crippen LogP contribution in [0.3, 0.4) is 0 Å². The summed E-state index contributed by atoms with van der Waals surface area (Å²) in [6.45, 7) is 2.81. The van der Waals surface area contributed by atoms with Crippen molar-refractivity contribution in [3.63, 3.8) is 0 Å². The minimum absolute atomic E-state index is 0.157. The molecule has 3 unspecified atom stereocenters. The zero-order valence-corrected chi connectivity index (χ0v) is 25.0. The molecule has 1 fully saturated rings. The Hall–Kier alpha value is -2.62. The highest BCUT2D eigenvalue weighted by Gasteiger charge is 2.44. The number of rotatable bonds is 9. The molecule has 2 aromatic rings. The average Bonchev–Trinajstić information content (AvgIpc) is 3.76. The lowest BCUT2D eigenvalue weighted by Crippen LogP contribution is -2.55. The standard InChI is InChI=1S/C32H44FN3O4S/c1-3-22-8-7-9-24(16-22)32(12-13-32)34-21-29(37)28-19-23-17-25(33)20-26(18-23)40-14-6-4-5-10-30(38)35-27(11-15-41-2)31(39)36-28/h7-9,16-18,20,27-29,34,37H,3-6,10-15,19,21H2,1-2H3,(H,35,38)(H,36,39). The van der Waals surface area contributed by atoms with Crippen molar-refractivity contribution in [1.29, 1.82) is 0 Å². The summed E-state index contributed by atoms with van der Waals surface area (Å²) in [6.07, 6.45) is 7.13. The van der Waals surface area contributed by atoms with Gasteiger partial charge in [-0.25, -0.2) is 4.39 Å². The molecule has 9 heteroatoms. The van der Waals surface area contributed by atoms with Gasteiger partial charge in [0.05, 0.1) is 18.8 Å². The first-order valence-corrected chi connectivity index (χ1v) is 16.2. The lowest BCUT2D eigenvalue weighted by molar-refractivity contribution is -0.130. The van der Waals surface area contributed by atoms with E-state index in [0.717, 1.165) is 32.1 Å². The fraction of sp³-hybridized carbons (Fsp3) is 0.562. The number of aliphatic hydroxyl groups is 1. The van der Waals surface area contributed by atoms with E-state index in [1.165, 1.54) is 23.3 Å². The Balaban J connectivity index is 1.55. The molecule has 2 aromatic carbocycles. The van der Waals surface area contributed by atoms with E-state index >= 15 is 0 Å². The maximum absolute atomic E-state index is 14.6. The van der Waals surface area contributed by atoms with Crippen LogP contribution in [0.5, 0.6) is 5.75 Å². The van der Waals surface area contributed by atoms with E-state index in [9.17, 15) is 19.1 Å². The van der Waals surface area contributed by atoms with Crippen molar-refractivity contribution in [3.05, 3.63) is 65.0 Å². The summed E-state index contributed by atoms with van der Waals surface area (Å²) in [5.74, 6) is 0.211. The zero-order chi connectivity index (χ0) is 29.2. The molecule has 0 aromatic heterocycles. The molecule has 2 amide bonds. The van der Waals surface area contributed by atoms with Gasteiger partial charge in [0.25, 0.3) is 0 Å². The van der Waals surface area contributed by atoms with Crippen molar-refractivity contribution in [2.24, 2.45) is 0 Å². The molecule has 4 N–H and O–H groups in total. The summed E-state index contributed by atoms with van der Waals surface area (Å²) in [4.78, 5) is 26.2. The number of thioether (sulfide) groups is 1.